The fourth-order valence-corrected chi connectivity index (χ4v) is 6.88. The summed E-state index contributed by atoms with van der Waals surface area (Å²) in [4.78, 5) is 50.0. The lowest BCUT2D eigenvalue weighted by atomic mass is 9.62. The summed E-state index contributed by atoms with van der Waals surface area (Å²) in [5.74, 6) is -1.39. The molecule has 0 radical (unpaired) electrons. The fourth-order valence-electron chi connectivity index (χ4n) is 6.88. The molecule has 42 heavy (non-hydrogen) atoms. The van der Waals surface area contributed by atoms with Crippen LogP contribution in [0.25, 0.3) is 6.08 Å². The van der Waals surface area contributed by atoms with E-state index in [2.05, 4.69) is 16.9 Å². The normalized spacial score (nSPS) is 23.1. The largest absolute Gasteiger partial charge is 0.490 e. The first kappa shape index (κ1) is 25.7. The fraction of sp³-hybridized carbons (Fsp3) is 0.143. The van der Waals surface area contributed by atoms with Crippen molar-refractivity contribution in [3.63, 3.8) is 0 Å². The van der Waals surface area contributed by atoms with Gasteiger partial charge in [0.1, 0.15) is 29.5 Å². The number of benzene rings is 3. The van der Waals surface area contributed by atoms with E-state index in [4.69, 9.17) is 4.74 Å². The number of carbonyl (C=O) groups excluding carboxylic acids is 3. The van der Waals surface area contributed by atoms with Gasteiger partial charge in [-0.3, -0.25) is 19.4 Å². The van der Waals surface area contributed by atoms with Gasteiger partial charge in [-0.1, -0.05) is 61.2 Å². The third-order valence-electron chi connectivity index (χ3n) is 8.55. The summed E-state index contributed by atoms with van der Waals surface area (Å²) in [7, 11) is 0. The van der Waals surface area contributed by atoms with E-state index < -0.39 is 23.4 Å². The molecule has 1 fully saturated rings. The van der Waals surface area contributed by atoms with Gasteiger partial charge < -0.3 is 15.0 Å². The number of nitrogens with one attached hydrogen (secondary N) is 1. The van der Waals surface area contributed by atoms with E-state index in [1.54, 1.807) is 54.7 Å². The average molecular weight is 554 g/mol. The van der Waals surface area contributed by atoms with Crippen LogP contribution in [0.4, 0.5) is 5.69 Å². The SMILES string of the molecule is C=CCOc1ccc(C(=O)[C@H]2[C@@H](C(=O)c3ccccn3)N3C=Cc4ccccc4[C@@H]3[C@]23C(=O)Nc2ccccc23)cc1. The van der Waals surface area contributed by atoms with E-state index in [-0.39, 0.29) is 23.2 Å². The van der Waals surface area contributed by atoms with Gasteiger partial charge in [0.15, 0.2) is 5.78 Å². The lowest BCUT2D eigenvalue weighted by Gasteiger charge is -2.38. The summed E-state index contributed by atoms with van der Waals surface area (Å²) in [5.41, 5.74) is 2.41. The molecule has 206 valence electrons. The Balaban J connectivity index is 1.48. The van der Waals surface area contributed by atoms with Crippen LogP contribution in [0.15, 0.2) is 116 Å². The molecule has 4 aromatic rings. The van der Waals surface area contributed by atoms with Crippen molar-refractivity contribution >= 4 is 29.2 Å². The highest BCUT2D eigenvalue weighted by atomic mass is 16.5. The molecular formula is C35H27N3O4. The summed E-state index contributed by atoms with van der Waals surface area (Å²) in [6, 6.07) is 25.7. The molecule has 3 aliphatic heterocycles. The number of Topliss-reactive ketones (excluding diaryl/α,β-unsaturated/α-hetero) is 2. The Morgan fingerprint density at radius 1 is 0.952 bits per heavy atom. The quantitative estimate of drug-likeness (QED) is 0.236. The molecule has 1 spiro atoms. The van der Waals surface area contributed by atoms with Gasteiger partial charge in [0.2, 0.25) is 11.7 Å². The molecule has 0 bridgehead atoms. The van der Waals surface area contributed by atoms with Crippen LogP contribution < -0.4 is 10.1 Å². The minimum absolute atomic E-state index is 0.239. The van der Waals surface area contributed by atoms with Crippen LogP contribution >= 0.6 is 0 Å². The Bertz CT molecular complexity index is 1760. The summed E-state index contributed by atoms with van der Waals surface area (Å²) >= 11 is 0. The third-order valence-corrected chi connectivity index (χ3v) is 8.55. The first-order chi connectivity index (χ1) is 20.6. The standard InChI is InChI=1S/C35H27N3O4/c1-2-21-42-24-16-14-23(15-17-24)31(39)29-30(32(40)28-13-7-8-19-36-28)38-20-18-22-9-3-4-10-25(22)33(38)35(29)26-11-5-6-12-27(26)37-34(35)41/h2-20,29-30,33H,1,21H2,(H,37,41)/t29-,30+,33-,35-/m1/s1. The minimum atomic E-state index is -1.39. The van der Waals surface area contributed by atoms with E-state index >= 15 is 0 Å². The minimum Gasteiger partial charge on any atom is -0.490 e. The first-order valence-corrected chi connectivity index (χ1v) is 13.8. The van der Waals surface area contributed by atoms with Gasteiger partial charge in [0.05, 0.1) is 12.0 Å². The van der Waals surface area contributed by atoms with Gasteiger partial charge in [-0.25, -0.2) is 0 Å². The number of para-hydroxylation sites is 1. The van der Waals surface area contributed by atoms with Crippen molar-refractivity contribution in [3.05, 3.63) is 144 Å². The van der Waals surface area contributed by atoms with Crippen LogP contribution in [-0.4, -0.2) is 40.0 Å². The molecule has 4 heterocycles. The number of nitrogens with zero attached hydrogens (tertiary/aromatic N) is 2. The maximum Gasteiger partial charge on any atom is 0.238 e. The van der Waals surface area contributed by atoms with Crippen molar-refractivity contribution in [1.82, 2.24) is 9.88 Å². The first-order valence-electron chi connectivity index (χ1n) is 13.8. The number of hydrogen-bond acceptors (Lipinski definition) is 6. The van der Waals surface area contributed by atoms with Crippen LogP contribution in [0, 0.1) is 5.92 Å². The maximum atomic E-state index is 14.8. The van der Waals surface area contributed by atoms with E-state index in [9.17, 15) is 14.4 Å². The molecule has 7 rings (SSSR count). The maximum absolute atomic E-state index is 14.8. The number of ether oxygens (including phenoxy) is 1. The van der Waals surface area contributed by atoms with Crippen molar-refractivity contribution in [2.24, 2.45) is 5.92 Å². The molecule has 7 nitrogen and oxygen atoms in total. The Hall–Kier alpha value is -5.30. The smallest absolute Gasteiger partial charge is 0.238 e. The summed E-state index contributed by atoms with van der Waals surface area (Å²) in [5, 5.41) is 3.06. The van der Waals surface area contributed by atoms with Crippen LogP contribution in [-0.2, 0) is 10.2 Å². The molecular weight excluding hydrogens is 526 g/mol. The topological polar surface area (TPSA) is 88.6 Å². The second-order valence-corrected chi connectivity index (χ2v) is 10.7. The van der Waals surface area contributed by atoms with E-state index in [0.717, 1.165) is 11.1 Å². The molecule has 0 aliphatic carbocycles. The van der Waals surface area contributed by atoms with Gasteiger partial charge in [-0.2, -0.15) is 0 Å². The number of pyridine rings is 1. The Morgan fingerprint density at radius 3 is 2.50 bits per heavy atom. The Labute approximate surface area is 243 Å². The zero-order valence-electron chi connectivity index (χ0n) is 22.6. The molecule has 1 saturated heterocycles. The Kier molecular flexibility index (Phi) is 6.08. The van der Waals surface area contributed by atoms with E-state index in [1.807, 2.05) is 65.7 Å². The molecule has 3 aromatic carbocycles. The highest BCUT2D eigenvalue weighted by molar-refractivity contribution is 6.16. The van der Waals surface area contributed by atoms with Gasteiger partial charge in [0, 0.05) is 23.6 Å². The molecule has 0 unspecified atom stereocenters. The zero-order valence-corrected chi connectivity index (χ0v) is 22.6. The van der Waals surface area contributed by atoms with Crippen molar-refractivity contribution in [2.75, 3.05) is 11.9 Å². The second-order valence-electron chi connectivity index (χ2n) is 10.7. The van der Waals surface area contributed by atoms with Crippen LogP contribution in [0.3, 0.4) is 0 Å². The van der Waals surface area contributed by atoms with Crippen LogP contribution in [0.5, 0.6) is 5.75 Å². The molecule has 3 aliphatic rings. The predicted molar refractivity (Wildman–Crippen MR) is 159 cm³/mol. The number of rotatable bonds is 7. The lowest BCUT2D eigenvalue weighted by Crippen LogP contribution is -2.49. The molecule has 1 aromatic heterocycles. The van der Waals surface area contributed by atoms with Gasteiger partial charge >= 0.3 is 0 Å². The average Bonchev–Trinajstić information content (AvgIpc) is 3.52. The number of aromatic nitrogens is 1. The van der Waals surface area contributed by atoms with Crippen molar-refractivity contribution < 1.29 is 19.1 Å². The number of ketones is 2. The number of amides is 1. The van der Waals surface area contributed by atoms with Crippen molar-refractivity contribution in [1.29, 1.82) is 0 Å². The summed E-state index contributed by atoms with van der Waals surface area (Å²) < 4.78 is 5.63. The number of anilines is 1. The number of fused-ring (bicyclic) bond motifs is 6. The predicted octanol–water partition coefficient (Wildman–Crippen LogP) is 5.63. The molecule has 1 N–H and O–H groups in total. The number of carbonyl (C=O) groups is 3. The van der Waals surface area contributed by atoms with Crippen molar-refractivity contribution in [3.8, 4) is 5.75 Å². The van der Waals surface area contributed by atoms with Gasteiger partial charge in [-0.05, 0) is 65.2 Å². The van der Waals surface area contributed by atoms with E-state index in [1.165, 1.54) is 0 Å². The molecule has 1 amide bonds. The summed E-state index contributed by atoms with van der Waals surface area (Å²) in [6.07, 6.45) is 7.00. The zero-order chi connectivity index (χ0) is 28.8. The monoisotopic (exact) mass is 553 g/mol. The Morgan fingerprint density at radius 2 is 1.71 bits per heavy atom. The lowest BCUT2D eigenvalue weighted by molar-refractivity contribution is -0.122. The van der Waals surface area contributed by atoms with Crippen LogP contribution in [0.1, 0.15) is 43.6 Å². The molecule has 7 heteroatoms. The number of hydrogen-bond donors (Lipinski definition) is 1. The highest BCUT2D eigenvalue weighted by Crippen LogP contribution is 2.62. The van der Waals surface area contributed by atoms with Crippen molar-refractivity contribution in [2.45, 2.75) is 17.5 Å². The third kappa shape index (κ3) is 3.66. The van der Waals surface area contributed by atoms with Crippen LogP contribution in [0.2, 0.25) is 0 Å². The molecule has 4 atom stereocenters. The summed E-state index contributed by atoms with van der Waals surface area (Å²) in [6.45, 7) is 4.01. The van der Waals surface area contributed by atoms with Gasteiger partial charge in [-0.15, -0.1) is 0 Å². The second kappa shape index (κ2) is 9.96. The molecule has 0 saturated carbocycles. The van der Waals surface area contributed by atoms with Gasteiger partial charge in [0.25, 0.3) is 0 Å². The van der Waals surface area contributed by atoms with E-state index in [0.29, 0.717) is 29.2 Å². The highest BCUT2D eigenvalue weighted by Gasteiger charge is 2.70.